The maximum atomic E-state index is 12.0. The van der Waals surface area contributed by atoms with E-state index >= 15 is 0 Å². The zero-order valence-electron chi connectivity index (χ0n) is 10.2. The van der Waals surface area contributed by atoms with Gasteiger partial charge >= 0.3 is 0 Å². The molecule has 100 valence electrons. The predicted molar refractivity (Wildman–Crippen MR) is 70.7 cm³/mol. The minimum absolute atomic E-state index is 0.0157. The highest BCUT2D eigenvalue weighted by Gasteiger charge is 2.17. The van der Waals surface area contributed by atoms with Crippen LogP contribution in [0.2, 0.25) is 0 Å². The molecular weight excluding hydrogens is 278 g/mol. The summed E-state index contributed by atoms with van der Waals surface area (Å²) in [4.78, 5) is 0. The lowest BCUT2D eigenvalue weighted by Crippen LogP contribution is -2.16. The molecule has 0 bridgehead atoms. The monoisotopic (exact) mass is 287 g/mol. The first-order valence-corrected chi connectivity index (χ1v) is 7.13. The van der Waals surface area contributed by atoms with E-state index < -0.39 is 10.0 Å². The van der Waals surface area contributed by atoms with Gasteiger partial charge in [0.15, 0.2) is 5.82 Å². The van der Waals surface area contributed by atoms with Gasteiger partial charge < -0.3 is 0 Å². The van der Waals surface area contributed by atoms with Gasteiger partial charge in [-0.3, -0.25) is 9.82 Å². The molecule has 0 radical (unpaired) electrons. The first-order valence-electron chi connectivity index (χ1n) is 5.47. The molecule has 1 heterocycles. The molecule has 0 spiro atoms. The van der Waals surface area contributed by atoms with E-state index in [2.05, 4.69) is 14.9 Å². The Morgan fingerprint density at radius 1 is 1.20 bits per heavy atom. The predicted octanol–water partition coefficient (Wildman–Crippen LogP) is 1.09. The van der Waals surface area contributed by atoms with E-state index in [1.54, 1.807) is 24.3 Å². The molecule has 0 saturated carbocycles. The van der Waals surface area contributed by atoms with Crippen LogP contribution in [0.25, 0.3) is 0 Å². The molecule has 2 rings (SSSR count). The van der Waals surface area contributed by atoms with E-state index in [0.29, 0.717) is 11.1 Å². The average Bonchev–Trinajstić information content (AvgIpc) is 2.85. The minimum atomic E-state index is -3.75. The van der Waals surface area contributed by atoms with Crippen LogP contribution in [-0.4, -0.2) is 18.6 Å². The Morgan fingerprint density at radius 3 is 2.60 bits per heavy atom. The van der Waals surface area contributed by atoms with Gasteiger partial charge in [-0.1, -0.05) is 18.2 Å². The van der Waals surface area contributed by atoms with Crippen molar-refractivity contribution in [1.82, 2.24) is 10.2 Å². The molecule has 0 saturated heterocycles. The molecule has 0 aliphatic carbocycles. The molecule has 0 fully saturated rings. The normalized spacial score (nSPS) is 10.5. The quantitative estimate of drug-likeness (QED) is 0.871. The summed E-state index contributed by atoms with van der Waals surface area (Å²) >= 11 is 0. The molecule has 0 aliphatic rings. The maximum Gasteiger partial charge on any atom is 0.238 e. The van der Waals surface area contributed by atoms with Gasteiger partial charge in [0.2, 0.25) is 10.0 Å². The fourth-order valence-electron chi connectivity index (χ4n) is 1.60. The molecule has 1 aromatic carbocycles. The van der Waals surface area contributed by atoms with Gasteiger partial charge in [-0.25, -0.2) is 8.42 Å². The number of aromatic nitrogens is 2. The standard InChI is InChI=1S/C12H9N5O2S/c13-5-9-3-1-2-4-10(9)8-20(18,19)17-12-11(6-14)7-15-16-12/h1-4,7H,8H2,(H2,15,16,17). The molecule has 2 aromatic rings. The lowest BCUT2D eigenvalue weighted by molar-refractivity contribution is 0.600. The molecule has 0 unspecified atom stereocenters. The molecule has 0 aliphatic heterocycles. The summed E-state index contributed by atoms with van der Waals surface area (Å²) in [6, 6.07) is 10.2. The maximum absolute atomic E-state index is 12.0. The second-order valence-electron chi connectivity index (χ2n) is 3.90. The van der Waals surface area contributed by atoms with Gasteiger partial charge in [0, 0.05) is 0 Å². The van der Waals surface area contributed by atoms with Crippen molar-refractivity contribution in [2.24, 2.45) is 0 Å². The number of nitrogens with zero attached hydrogens (tertiary/aromatic N) is 3. The topological polar surface area (TPSA) is 122 Å². The Morgan fingerprint density at radius 2 is 1.90 bits per heavy atom. The molecule has 7 nitrogen and oxygen atoms in total. The second kappa shape index (κ2) is 5.43. The highest BCUT2D eigenvalue weighted by atomic mass is 32.2. The summed E-state index contributed by atoms with van der Waals surface area (Å²) in [6.07, 6.45) is 1.22. The minimum Gasteiger partial charge on any atom is -0.266 e. The Balaban J connectivity index is 2.25. The summed E-state index contributed by atoms with van der Waals surface area (Å²) < 4.78 is 26.3. The fourth-order valence-corrected chi connectivity index (χ4v) is 2.80. The van der Waals surface area contributed by atoms with Crippen LogP contribution in [0, 0.1) is 22.7 Å². The average molecular weight is 287 g/mol. The van der Waals surface area contributed by atoms with Crippen LogP contribution in [0.15, 0.2) is 30.5 Å². The van der Waals surface area contributed by atoms with Crippen LogP contribution in [0.5, 0.6) is 0 Å². The van der Waals surface area contributed by atoms with Crippen molar-refractivity contribution in [3.63, 3.8) is 0 Å². The van der Waals surface area contributed by atoms with Gasteiger partial charge in [0.05, 0.1) is 23.6 Å². The fraction of sp³-hybridized carbons (Fsp3) is 0.0833. The number of sulfonamides is 1. The Labute approximate surface area is 115 Å². The van der Waals surface area contributed by atoms with Crippen molar-refractivity contribution in [3.8, 4) is 12.1 Å². The largest absolute Gasteiger partial charge is 0.266 e. The van der Waals surface area contributed by atoms with Crippen molar-refractivity contribution in [2.45, 2.75) is 5.75 Å². The third-order valence-corrected chi connectivity index (χ3v) is 3.71. The second-order valence-corrected chi connectivity index (χ2v) is 5.62. The molecule has 2 N–H and O–H groups in total. The smallest absolute Gasteiger partial charge is 0.238 e. The van der Waals surface area contributed by atoms with Crippen molar-refractivity contribution in [3.05, 3.63) is 47.2 Å². The van der Waals surface area contributed by atoms with Crippen LogP contribution in [-0.2, 0) is 15.8 Å². The number of benzene rings is 1. The first kappa shape index (κ1) is 13.6. The van der Waals surface area contributed by atoms with E-state index in [1.165, 1.54) is 6.20 Å². The summed E-state index contributed by atoms with van der Waals surface area (Å²) in [5, 5.41) is 23.7. The summed E-state index contributed by atoms with van der Waals surface area (Å²) in [7, 11) is -3.75. The Bertz CT molecular complexity index is 811. The Hall–Kier alpha value is -2.84. The van der Waals surface area contributed by atoms with Crippen molar-refractivity contribution < 1.29 is 8.42 Å². The molecule has 20 heavy (non-hydrogen) atoms. The van der Waals surface area contributed by atoms with Crippen LogP contribution in [0.3, 0.4) is 0 Å². The van der Waals surface area contributed by atoms with Crippen LogP contribution >= 0.6 is 0 Å². The third-order valence-electron chi connectivity index (χ3n) is 2.50. The van der Waals surface area contributed by atoms with E-state index in [0.717, 1.165) is 0 Å². The SMILES string of the molecule is N#Cc1ccccc1CS(=O)(=O)Nc1[nH]ncc1C#N. The van der Waals surface area contributed by atoms with Gasteiger partial charge in [0.1, 0.15) is 11.6 Å². The van der Waals surface area contributed by atoms with Crippen molar-refractivity contribution in [1.29, 1.82) is 10.5 Å². The number of aromatic amines is 1. The number of H-pyrrole nitrogens is 1. The van der Waals surface area contributed by atoms with Gasteiger partial charge in [0.25, 0.3) is 0 Å². The van der Waals surface area contributed by atoms with Crippen LogP contribution < -0.4 is 4.72 Å². The number of hydrogen-bond donors (Lipinski definition) is 2. The lowest BCUT2D eigenvalue weighted by Gasteiger charge is -2.07. The number of rotatable bonds is 4. The van der Waals surface area contributed by atoms with E-state index in [-0.39, 0.29) is 17.1 Å². The lowest BCUT2D eigenvalue weighted by atomic mass is 10.1. The first-order chi connectivity index (χ1) is 9.55. The van der Waals surface area contributed by atoms with Gasteiger partial charge in [-0.2, -0.15) is 15.6 Å². The Kier molecular flexibility index (Phi) is 3.69. The zero-order chi connectivity index (χ0) is 14.6. The summed E-state index contributed by atoms with van der Waals surface area (Å²) in [5.41, 5.74) is 0.783. The van der Waals surface area contributed by atoms with Gasteiger partial charge in [-0.05, 0) is 11.6 Å². The van der Waals surface area contributed by atoms with Crippen LogP contribution in [0.4, 0.5) is 5.82 Å². The number of nitriles is 2. The summed E-state index contributed by atoms with van der Waals surface area (Å²) in [5.74, 6) is -0.345. The third kappa shape index (κ3) is 2.94. The molecule has 0 atom stereocenters. The number of nitrogens with one attached hydrogen (secondary N) is 2. The zero-order valence-corrected chi connectivity index (χ0v) is 11.0. The molecule has 8 heteroatoms. The van der Waals surface area contributed by atoms with E-state index in [9.17, 15) is 8.42 Å². The summed E-state index contributed by atoms with van der Waals surface area (Å²) in [6.45, 7) is 0. The number of hydrogen-bond acceptors (Lipinski definition) is 5. The highest BCUT2D eigenvalue weighted by Crippen LogP contribution is 2.16. The highest BCUT2D eigenvalue weighted by molar-refractivity contribution is 7.91. The van der Waals surface area contributed by atoms with Crippen molar-refractivity contribution >= 4 is 15.8 Å². The number of anilines is 1. The van der Waals surface area contributed by atoms with E-state index in [4.69, 9.17) is 10.5 Å². The molecule has 0 amide bonds. The molecule has 1 aromatic heterocycles. The van der Waals surface area contributed by atoms with Crippen LogP contribution in [0.1, 0.15) is 16.7 Å². The van der Waals surface area contributed by atoms with Crippen molar-refractivity contribution in [2.75, 3.05) is 4.72 Å². The van der Waals surface area contributed by atoms with E-state index in [1.807, 2.05) is 12.1 Å². The van der Waals surface area contributed by atoms with Gasteiger partial charge in [-0.15, -0.1) is 0 Å². The molecular formula is C12H9N5O2S.